The van der Waals surface area contributed by atoms with E-state index in [4.69, 9.17) is 0 Å². The second-order valence-electron chi connectivity index (χ2n) is 5.24. The molecule has 1 aromatic heterocycles. The van der Waals surface area contributed by atoms with Crippen molar-refractivity contribution >= 4 is 29.1 Å². The lowest BCUT2D eigenvalue weighted by Crippen LogP contribution is -2.44. The van der Waals surface area contributed by atoms with Gasteiger partial charge in [0, 0.05) is 6.04 Å². The zero-order chi connectivity index (χ0) is 14.9. The van der Waals surface area contributed by atoms with Crippen molar-refractivity contribution in [2.45, 2.75) is 45.2 Å². The fourth-order valence-corrected chi connectivity index (χ4v) is 3.03. The van der Waals surface area contributed by atoms with Gasteiger partial charge >= 0.3 is 0 Å². The zero-order valence-electron chi connectivity index (χ0n) is 11.8. The fraction of sp³-hybridized carbons (Fsp3) is 0.500. The quantitative estimate of drug-likeness (QED) is 0.856. The molecule has 2 rings (SSSR count). The number of likely N-dealkylation sites (tertiary alicyclic amines) is 1. The van der Waals surface area contributed by atoms with E-state index < -0.39 is 6.04 Å². The van der Waals surface area contributed by atoms with Crippen LogP contribution in [-0.2, 0) is 14.4 Å². The van der Waals surface area contributed by atoms with Crippen LogP contribution in [0.25, 0.3) is 0 Å². The first-order valence-corrected chi connectivity index (χ1v) is 7.54. The van der Waals surface area contributed by atoms with Crippen LogP contribution in [0.5, 0.6) is 0 Å². The molecule has 2 atom stereocenters. The van der Waals surface area contributed by atoms with Gasteiger partial charge in [-0.2, -0.15) is 11.3 Å². The van der Waals surface area contributed by atoms with Crippen LogP contribution in [0.3, 0.4) is 0 Å². The number of carbonyl (C=O) groups is 3. The van der Waals surface area contributed by atoms with E-state index in [-0.39, 0.29) is 36.1 Å². The predicted octanol–water partition coefficient (Wildman–Crippen LogP) is 1.50. The lowest BCUT2D eigenvalue weighted by molar-refractivity contribution is -0.141. The Kier molecular flexibility index (Phi) is 4.23. The van der Waals surface area contributed by atoms with E-state index in [2.05, 4.69) is 5.32 Å². The van der Waals surface area contributed by atoms with E-state index in [9.17, 15) is 14.4 Å². The van der Waals surface area contributed by atoms with E-state index in [0.717, 1.165) is 5.56 Å². The van der Waals surface area contributed by atoms with Crippen molar-refractivity contribution < 1.29 is 14.4 Å². The SMILES string of the molecule is CC(C)N1C(=O)C[C@@H](NC(=O)[C@H](C)c2ccsc2)C1=O. The second kappa shape index (κ2) is 5.75. The summed E-state index contributed by atoms with van der Waals surface area (Å²) in [5, 5.41) is 6.50. The van der Waals surface area contributed by atoms with Crippen LogP contribution in [-0.4, -0.2) is 34.7 Å². The molecule has 3 amide bonds. The van der Waals surface area contributed by atoms with E-state index in [1.165, 1.54) is 16.2 Å². The highest BCUT2D eigenvalue weighted by atomic mass is 32.1. The Morgan fingerprint density at radius 2 is 2.10 bits per heavy atom. The van der Waals surface area contributed by atoms with Crippen LogP contribution in [0.15, 0.2) is 16.8 Å². The maximum absolute atomic E-state index is 12.1. The number of imide groups is 1. The molecule has 1 aliphatic heterocycles. The summed E-state index contributed by atoms with van der Waals surface area (Å²) >= 11 is 1.52. The Labute approximate surface area is 122 Å². The van der Waals surface area contributed by atoms with Gasteiger partial charge in [0.2, 0.25) is 11.8 Å². The molecule has 6 heteroatoms. The topological polar surface area (TPSA) is 66.5 Å². The molecule has 1 aliphatic rings. The van der Waals surface area contributed by atoms with Gasteiger partial charge in [-0.05, 0) is 43.2 Å². The minimum Gasteiger partial charge on any atom is -0.343 e. The Bertz CT molecular complexity index is 525. The normalized spacial score (nSPS) is 20.6. The highest BCUT2D eigenvalue weighted by molar-refractivity contribution is 7.08. The van der Waals surface area contributed by atoms with Crippen LogP contribution in [0.2, 0.25) is 0 Å². The van der Waals surface area contributed by atoms with Crippen molar-refractivity contribution in [2.75, 3.05) is 0 Å². The average Bonchev–Trinajstić information content (AvgIpc) is 2.97. The van der Waals surface area contributed by atoms with Crippen LogP contribution in [0.4, 0.5) is 0 Å². The maximum Gasteiger partial charge on any atom is 0.252 e. The molecule has 0 aromatic carbocycles. The van der Waals surface area contributed by atoms with Gasteiger partial charge in [-0.3, -0.25) is 19.3 Å². The Hall–Kier alpha value is -1.69. The van der Waals surface area contributed by atoms with E-state index in [1.807, 2.05) is 16.8 Å². The molecular weight excluding hydrogens is 276 g/mol. The first kappa shape index (κ1) is 14.7. The number of carbonyl (C=O) groups excluding carboxylic acids is 3. The molecule has 0 aliphatic carbocycles. The third kappa shape index (κ3) is 2.75. The van der Waals surface area contributed by atoms with Gasteiger partial charge in [0.05, 0.1) is 12.3 Å². The van der Waals surface area contributed by atoms with Gasteiger partial charge in [-0.25, -0.2) is 0 Å². The summed E-state index contributed by atoms with van der Waals surface area (Å²) in [6.45, 7) is 5.36. The maximum atomic E-state index is 12.1. The van der Waals surface area contributed by atoms with E-state index in [1.54, 1.807) is 20.8 Å². The second-order valence-corrected chi connectivity index (χ2v) is 6.02. The van der Waals surface area contributed by atoms with Crippen LogP contribution >= 0.6 is 11.3 Å². The van der Waals surface area contributed by atoms with Gasteiger partial charge in [0.15, 0.2) is 0 Å². The Balaban J connectivity index is 2.02. The molecule has 0 radical (unpaired) electrons. The third-order valence-corrected chi connectivity index (χ3v) is 4.15. The number of hydrogen-bond donors (Lipinski definition) is 1. The van der Waals surface area contributed by atoms with Crippen molar-refractivity contribution in [2.24, 2.45) is 0 Å². The Morgan fingerprint density at radius 3 is 2.60 bits per heavy atom. The number of rotatable bonds is 4. The lowest BCUT2D eigenvalue weighted by atomic mass is 10.0. The molecular formula is C14H18N2O3S. The molecule has 20 heavy (non-hydrogen) atoms. The van der Waals surface area contributed by atoms with E-state index in [0.29, 0.717) is 0 Å². The van der Waals surface area contributed by atoms with Crippen LogP contribution in [0, 0.1) is 0 Å². The monoisotopic (exact) mass is 294 g/mol. The molecule has 1 N–H and O–H groups in total. The van der Waals surface area contributed by atoms with Crippen molar-refractivity contribution in [3.8, 4) is 0 Å². The first-order valence-electron chi connectivity index (χ1n) is 6.60. The van der Waals surface area contributed by atoms with Crippen molar-refractivity contribution in [1.29, 1.82) is 0 Å². The van der Waals surface area contributed by atoms with Crippen LogP contribution in [0.1, 0.15) is 38.7 Å². The number of amides is 3. The highest BCUT2D eigenvalue weighted by Gasteiger charge is 2.41. The molecule has 5 nitrogen and oxygen atoms in total. The summed E-state index contributed by atoms with van der Waals surface area (Å²) in [6.07, 6.45) is 0.0547. The molecule has 1 saturated heterocycles. The molecule has 0 bridgehead atoms. The summed E-state index contributed by atoms with van der Waals surface area (Å²) < 4.78 is 0. The van der Waals surface area contributed by atoms with Crippen molar-refractivity contribution in [3.05, 3.63) is 22.4 Å². The predicted molar refractivity (Wildman–Crippen MR) is 76.3 cm³/mol. The average molecular weight is 294 g/mol. The molecule has 2 heterocycles. The largest absolute Gasteiger partial charge is 0.343 e. The molecule has 0 saturated carbocycles. The van der Waals surface area contributed by atoms with Crippen molar-refractivity contribution in [3.63, 3.8) is 0 Å². The number of hydrogen-bond acceptors (Lipinski definition) is 4. The molecule has 108 valence electrons. The molecule has 1 aromatic rings. The van der Waals surface area contributed by atoms with Gasteiger partial charge in [-0.15, -0.1) is 0 Å². The van der Waals surface area contributed by atoms with Gasteiger partial charge in [0.1, 0.15) is 6.04 Å². The van der Waals surface area contributed by atoms with Gasteiger partial charge in [0.25, 0.3) is 5.91 Å². The summed E-state index contributed by atoms with van der Waals surface area (Å²) in [4.78, 5) is 37.2. The molecule has 0 spiro atoms. The smallest absolute Gasteiger partial charge is 0.252 e. The summed E-state index contributed by atoms with van der Waals surface area (Å²) in [5.41, 5.74) is 0.921. The van der Waals surface area contributed by atoms with Gasteiger partial charge in [-0.1, -0.05) is 0 Å². The molecule has 0 unspecified atom stereocenters. The summed E-state index contributed by atoms with van der Waals surface area (Å²) in [7, 11) is 0. The lowest BCUT2D eigenvalue weighted by Gasteiger charge is -2.19. The van der Waals surface area contributed by atoms with Gasteiger partial charge < -0.3 is 5.32 Å². The number of nitrogens with zero attached hydrogens (tertiary/aromatic N) is 1. The minimum atomic E-state index is -0.724. The third-order valence-electron chi connectivity index (χ3n) is 3.45. The highest BCUT2D eigenvalue weighted by Crippen LogP contribution is 2.21. The zero-order valence-corrected chi connectivity index (χ0v) is 12.6. The molecule has 1 fully saturated rings. The Morgan fingerprint density at radius 1 is 1.40 bits per heavy atom. The van der Waals surface area contributed by atoms with Crippen molar-refractivity contribution in [1.82, 2.24) is 10.2 Å². The standard InChI is InChI=1S/C14H18N2O3S/c1-8(2)16-12(17)6-11(14(16)19)15-13(18)9(3)10-4-5-20-7-10/h4-5,7-9,11H,6H2,1-3H3,(H,15,18)/t9-,11-/m1/s1. The van der Waals surface area contributed by atoms with E-state index >= 15 is 0 Å². The fourth-order valence-electron chi connectivity index (χ4n) is 2.28. The summed E-state index contributed by atoms with van der Waals surface area (Å²) in [5.74, 6) is -1.08. The summed E-state index contributed by atoms with van der Waals surface area (Å²) in [6, 6.07) is 0.987. The number of nitrogens with one attached hydrogen (secondary N) is 1. The number of thiophene rings is 1. The minimum absolute atomic E-state index is 0.0547. The first-order chi connectivity index (χ1) is 9.41. The van der Waals surface area contributed by atoms with Crippen LogP contribution < -0.4 is 5.32 Å².